The molecule has 0 aromatic rings. The van der Waals surface area contributed by atoms with E-state index in [1.807, 2.05) is 0 Å². The molecule has 2 aliphatic carbocycles. The van der Waals surface area contributed by atoms with Gasteiger partial charge in [0, 0.05) is 32.7 Å². The molecule has 4 rings (SSSR count). The lowest BCUT2D eigenvalue weighted by molar-refractivity contribution is -0.0963. The van der Waals surface area contributed by atoms with Crippen molar-refractivity contribution in [2.24, 2.45) is 16.7 Å². The summed E-state index contributed by atoms with van der Waals surface area (Å²) in [5.74, 6) is 0.855. The van der Waals surface area contributed by atoms with Gasteiger partial charge in [0.05, 0.1) is 12.2 Å². The lowest BCUT2D eigenvalue weighted by Crippen LogP contribution is -2.56. The van der Waals surface area contributed by atoms with E-state index in [1.165, 1.54) is 90.5 Å². The number of hydrogen-bond donors (Lipinski definition) is 0. The molecule has 0 amide bonds. The molecule has 4 aliphatic rings. The predicted octanol–water partition coefficient (Wildman–Crippen LogP) is 4.17. The maximum absolute atomic E-state index is 6.54. The zero-order valence-corrected chi connectivity index (χ0v) is 16.9. The standard InChI is InChI=1S/C22H40N2O/c1-18(2)14-21(10-11-21)17-24-12-6-20(7-13-24)25-19-4-8-22(9-5-19)15-23(3)16-22/h18-20H,4-17H2,1-3H3. The molecule has 2 saturated carbocycles. The van der Waals surface area contributed by atoms with Crippen LogP contribution >= 0.6 is 0 Å². The van der Waals surface area contributed by atoms with Gasteiger partial charge in [-0.2, -0.15) is 0 Å². The number of hydrogen-bond acceptors (Lipinski definition) is 3. The molecular formula is C22H40N2O. The molecular weight excluding hydrogens is 308 g/mol. The first-order valence-electron chi connectivity index (χ1n) is 11.0. The van der Waals surface area contributed by atoms with Crippen LogP contribution in [0, 0.1) is 16.7 Å². The summed E-state index contributed by atoms with van der Waals surface area (Å²) in [5.41, 5.74) is 1.36. The van der Waals surface area contributed by atoms with E-state index in [4.69, 9.17) is 4.74 Å². The summed E-state index contributed by atoms with van der Waals surface area (Å²) in [4.78, 5) is 5.22. The summed E-state index contributed by atoms with van der Waals surface area (Å²) in [6, 6.07) is 0. The fourth-order valence-corrected chi connectivity index (χ4v) is 6.17. The van der Waals surface area contributed by atoms with E-state index in [2.05, 4.69) is 30.7 Å². The summed E-state index contributed by atoms with van der Waals surface area (Å²) in [6.07, 6.45) is 13.4. The van der Waals surface area contributed by atoms with Crippen LogP contribution in [0.2, 0.25) is 0 Å². The molecule has 144 valence electrons. The Balaban J connectivity index is 1.15. The number of likely N-dealkylation sites (tertiary alicyclic amines) is 2. The molecule has 0 aromatic heterocycles. The highest BCUT2D eigenvalue weighted by Gasteiger charge is 2.45. The van der Waals surface area contributed by atoms with Gasteiger partial charge in [0.25, 0.3) is 0 Å². The lowest BCUT2D eigenvalue weighted by Gasteiger charge is -2.52. The largest absolute Gasteiger partial charge is 0.375 e. The molecule has 3 heteroatoms. The number of piperidine rings is 1. The van der Waals surface area contributed by atoms with Gasteiger partial charge in [-0.25, -0.2) is 0 Å². The van der Waals surface area contributed by atoms with Gasteiger partial charge in [-0.15, -0.1) is 0 Å². The summed E-state index contributed by atoms with van der Waals surface area (Å²) in [5, 5.41) is 0. The van der Waals surface area contributed by atoms with Crippen molar-refractivity contribution in [3.05, 3.63) is 0 Å². The minimum absolute atomic E-state index is 0.541. The van der Waals surface area contributed by atoms with Gasteiger partial charge in [0.2, 0.25) is 0 Å². The first kappa shape index (κ1) is 18.3. The molecule has 0 bridgehead atoms. The summed E-state index contributed by atoms with van der Waals surface area (Å²) >= 11 is 0. The van der Waals surface area contributed by atoms with Gasteiger partial charge in [0.15, 0.2) is 0 Å². The molecule has 2 saturated heterocycles. The third kappa shape index (κ3) is 4.42. The van der Waals surface area contributed by atoms with Crippen LogP contribution in [0.3, 0.4) is 0 Å². The quantitative estimate of drug-likeness (QED) is 0.716. The normalized spacial score (nSPS) is 30.7. The van der Waals surface area contributed by atoms with Crippen LogP contribution in [0.25, 0.3) is 0 Å². The van der Waals surface area contributed by atoms with Crippen molar-refractivity contribution < 1.29 is 4.74 Å². The SMILES string of the molecule is CC(C)CC1(CN2CCC(OC3CCC4(CC3)CN(C)C4)CC2)CC1. The van der Waals surface area contributed by atoms with Crippen LogP contribution in [0.5, 0.6) is 0 Å². The fourth-order valence-electron chi connectivity index (χ4n) is 6.17. The Kier molecular flexibility index (Phi) is 5.20. The third-order valence-corrected chi connectivity index (χ3v) is 7.48. The Morgan fingerprint density at radius 3 is 2.04 bits per heavy atom. The van der Waals surface area contributed by atoms with E-state index in [9.17, 15) is 0 Å². The van der Waals surface area contributed by atoms with Gasteiger partial charge in [-0.05, 0) is 81.6 Å². The number of nitrogens with zero attached hydrogens (tertiary/aromatic N) is 2. The van der Waals surface area contributed by atoms with Gasteiger partial charge in [-0.3, -0.25) is 0 Å². The maximum atomic E-state index is 6.54. The first-order chi connectivity index (χ1) is 12.0. The molecule has 0 atom stereocenters. The van der Waals surface area contributed by atoms with Crippen LogP contribution in [-0.2, 0) is 4.74 Å². The summed E-state index contributed by atoms with van der Waals surface area (Å²) in [7, 11) is 2.26. The van der Waals surface area contributed by atoms with Crippen molar-refractivity contribution in [1.82, 2.24) is 9.80 Å². The monoisotopic (exact) mass is 348 g/mol. The van der Waals surface area contributed by atoms with Gasteiger partial charge >= 0.3 is 0 Å². The average molecular weight is 349 g/mol. The number of ether oxygens (including phenoxy) is 1. The third-order valence-electron chi connectivity index (χ3n) is 7.48. The molecule has 0 N–H and O–H groups in total. The van der Waals surface area contributed by atoms with Gasteiger partial charge in [-0.1, -0.05) is 13.8 Å². The van der Waals surface area contributed by atoms with E-state index in [0.29, 0.717) is 23.0 Å². The summed E-state index contributed by atoms with van der Waals surface area (Å²) < 4.78 is 6.54. The first-order valence-corrected chi connectivity index (χ1v) is 11.0. The van der Waals surface area contributed by atoms with Crippen LogP contribution in [0.1, 0.15) is 71.6 Å². The Morgan fingerprint density at radius 1 is 0.920 bits per heavy atom. The van der Waals surface area contributed by atoms with E-state index in [-0.39, 0.29) is 0 Å². The second-order valence-corrected chi connectivity index (χ2v) is 10.6. The molecule has 1 spiro atoms. The highest BCUT2D eigenvalue weighted by molar-refractivity contribution is 4.98. The second-order valence-electron chi connectivity index (χ2n) is 10.6. The Bertz CT molecular complexity index is 435. The average Bonchev–Trinajstić information content (AvgIpc) is 3.28. The van der Waals surface area contributed by atoms with E-state index in [0.717, 1.165) is 5.92 Å². The molecule has 2 aliphatic heterocycles. The van der Waals surface area contributed by atoms with Crippen LogP contribution in [-0.4, -0.2) is 61.8 Å². The smallest absolute Gasteiger partial charge is 0.0603 e. The predicted molar refractivity (Wildman–Crippen MR) is 104 cm³/mol. The summed E-state index contributed by atoms with van der Waals surface area (Å²) in [6.45, 7) is 11.3. The van der Waals surface area contributed by atoms with Crippen molar-refractivity contribution >= 4 is 0 Å². The van der Waals surface area contributed by atoms with Crippen LogP contribution in [0.15, 0.2) is 0 Å². The van der Waals surface area contributed by atoms with Gasteiger partial charge in [0.1, 0.15) is 0 Å². The second kappa shape index (κ2) is 7.13. The van der Waals surface area contributed by atoms with E-state index in [1.54, 1.807) is 0 Å². The maximum Gasteiger partial charge on any atom is 0.0603 e. The molecule has 4 fully saturated rings. The zero-order valence-electron chi connectivity index (χ0n) is 16.9. The van der Waals surface area contributed by atoms with Crippen molar-refractivity contribution in [2.45, 2.75) is 83.8 Å². The van der Waals surface area contributed by atoms with Gasteiger partial charge < -0.3 is 14.5 Å². The minimum atomic E-state index is 0.541. The Labute approximate surface area is 155 Å². The zero-order chi connectivity index (χ0) is 17.5. The van der Waals surface area contributed by atoms with Crippen LogP contribution < -0.4 is 0 Å². The fraction of sp³-hybridized carbons (Fsp3) is 1.00. The Morgan fingerprint density at radius 2 is 1.52 bits per heavy atom. The molecule has 2 heterocycles. The Hall–Kier alpha value is -0.120. The molecule has 0 aromatic carbocycles. The minimum Gasteiger partial charge on any atom is -0.375 e. The van der Waals surface area contributed by atoms with E-state index < -0.39 is 0 Å². The molecule has 0 radical (unpaired) electrons. The van der Waals surface area contributed by atoms with Crippen molar-refractivity contribution in [1.29, 1.82) is 0 Å². The highest BCUT2D eigenvalue weighted by Crippen LogP contribution is 2.51. The van der Waals surface area contributed by atoms with Crippen LogP contribution in [0.4, 0.5) is 0 Å². The molecule has 3 nitrogen and oxygen atoms in total. The molecule has 25 heavy (non-hydrogen) atoms. The number of rotatable bonds is 6. The topological polar surface area (TPSA) is 15.7 Å². The van der Waals surface area contributed by atoms with E-state index >= 15 is 0 Å². The van der Waals surface area contributed by atoms with Crippen molar-refractivity contribution in [2.75, 3.05) is 39.8 Å². The van der Waals surface area contributed by atoms with Crippen molar-refractivity contribution in [3.63, 3.8) is 0 Å². The van der Waals surface area contributed by atoms with Crippen molar-refractivity contribution in [3.8, 4) is 0 Å². The highest BCUT2D eigenvalue weighted by atomic mass is 16.5. The lowest BCUT2D eigenvalue weighted by atomic mass is 9.68. The molecule has 0 unspecified atom stereocenters.